The summed E-state index contributed by atoms with van der Waals surface area (Å²) in [5.74, 6) is 0.634. The van der Waals surface area contributed by atoms with Crippen molar-refractivity contribution in [3.8, 4) is 0 Å². The summed E-state index contributed by atoms with van der Waals surface area (Å²) in [6.45, 7) is 6.35. The summed E-state index contributed by atoms with van der Waals surface area (Å²) in [6, 6.07) is -0.405. The zero-order chi connectivity index (χ0) is 14.4. The molecule has 1 saturated heterocycles. The molecule has 0 aromatic carbocycles. The quantitative estimate of drug-likeness (QED) is 0.753. The zero-order valence-electron chi connectivity index (χ0n) is 11.8. The number of carbonyl (C=O) groups excluding carboxylic acids is 1. The van der Waals surface area contributed by atoms with E-state index >= 15 is 0 Å². The Kier molecular flexibility index (Phi) is 6.15. The topological polar surface area (TPSA) is 70.0 Å². The number of hydrogen-bond donors (Lipinski definition) is 2. The Morgan fingerprint density at radius 3 is 2.58 bits per heavy atom. The fourth-order valence-electron chi connectivity index (χ4n) is 2.99. The monoisotopic (exact) mass is 271 g/mol. The van der Waals surface area contributed by atoms with Gasteiger partial charge >= 0.3 is 6.09 Å². The Balaban J connectivity index is 2.87. The molecule has 5 heteroatoms. The number of nitrogens with zero attached hydrogens (tertiary/aromatic N) is 1. The lowest BCUT2D eigenvalue weighted by molar-refractivity contribution is 0.0362. The molecule has 0 bridgehead atoms. The molecule has 1 rings (SSSR count). The predicted octanol–water partition coefficient (Wildman–Crippen LogP) is 2.31. The highest BCUT2D eigenvalue weighted by Gasteiger charge is 2.38. The van der Waals surface area contributed by atoms with Crippen LogP contribution in [0.15, 0.2) is 12.3 Å². The third kappa shape index (κ3) is 3.86. The molecule has 1 heterocycles. The number of aliphatic hydroxyl groups is 2. The lowest BCUT2D eigenvalue weighted by Gasteiger charge is -2.43. The van der Waals surface area contributed by atoms with Crippen molar-refractivity contribution in [2.45, 2.75) is 38.6 Å². The van der Waals surface area contributed by atoms with E-state index in [0.717, 1.165) is 12.8 Å². The van der Waals surface area contributed by atoms with Gasteiger partial charge in [-0.25, -0.2) is 4.79 Å². The summed E-state index contributed by atoms with van der Waals surface area (Å²) in [5, 5.41) is 18.8. The smallest absolute Gasteiger partial charge is 0.410 e. The minimum Gasteiger partial charge on any atom is -0.511 e. The fraction of sp³-hybridized carbons (Fsp3) is 0.786. The standard InChI is InChI=1S/C14H25NO4/c1-4-5-12-9-15(14(18)19-3)13(10(2)17)8-11(12)6-7-16/h11-13,16-17H,2,4-9H2,1,3H3/t11-,12+,13+/m1/s1. The molecular weight excluding hydrogens is 246 g/mol. The largest absolute Gasteiger partial charge is 0.511 e. The van der Waals surface area contributed by atoms with E-state index in [0.29, 0.717) is 31.2 Å². The number of amides is 1. The van der Waals surface area contributed by atoms with E-state index in [4.69, 9.17) is 9.84 Å². The second-order valence-corrected chi connectivity index (χ2v) is 5.19. The van der Waals surface area contributed by atoms with Gasteiger partial charge in [-0.05, 0) is 31.1 Å². The molecule has 0 aliphatic carbocycles. The van der Waals surface area contributed by atoms with Crippen molar-refractivity contribution in [3.05, 3.63) is 12.3 Å². The van der Waals surface area contributed by atoms with Crippen molar-refractivity contribution in [3.63, 3.8) is 0 Å². The first-order valence-electron chi connectivity index (χ1n) is 6.88. The van der Waals surface area contributed by atoms with Gasteiger partial charge in [-0.3, -0.25) is 4.90 Å². The van der Waals surface area contributed by atoms with E-state index in [1.165, 1.54) is 7.11 Å². The number of aliphatic hydroxyl groups excluding tert-OH is 2. The van der Waals surface area contributed by atoms with Crippen LogP contribution in [0.3, 0.4) is 0 Å². The number of likely N-dealkylation sites (tertiary alicyclic amines) is 1. The third-order valence-electron chi connectivity index (χ3n) is 3.95. The van der Waals surface area contributed by atoms with Crippen molar-refractivity contribution < 1.29 is 19.7 Å². The molecule has 1 aliphatic rings. The van der Waals surface area contributed by atoms with Crippen LogP contribution in [-0.2, 0) is 4.74 Å². The van der Waals surface area contributed by atoms with Crippen LogP contribution >= 0.6 is 0 Å². The average Bonchev–Trinajstić information content (AvgIpc) is 2.39. The maximum atomic E-state index is 11.8. The summed E-state index contributed by atoms with van der Waals surface area (Å²) < 4.78 is 4.78. The molecule has 0 aromatic rings. The molecule has 1 amide bonds. The number of rotatable bonds is 5. The van der Waals surface area contributed by atoms with Crippen LogP contribution in [0.1, 0.15) is 32.6 Å². The van der Waals surface area contributed by atoms with Gasteiger partial charge in [0.05, 0.1) is 13.2 Å². The SMILES string of the molecule is C=C(O)[C@@H]1C[C@@H](CCO)[C@@H](CCC)CN1C(=O)OC. The third-order valence-corrected chi connectivity index (χ3v) is 3.95. The van der Waals surface area contributed by atoms with Crippen LogP contribution in [0.25, 0.3) is 0 Å². The molecule has 0 unspecified atom stereocenters. The van der Waals surface area contributed by atoms with Crippen LogP contribution in [0.5, 0.6) is 0 Å². The second kappa shape index (κ2) is 7.38. The normalized spacial score (nSPS) is 27.1. The summed E-state index contributed by atoms with van der Waals surface area (Å²) in [4.78, 5) is 13.4. The molecule has 1 aliphatic heterocycles. The van der Waals surface area contributed by atoms with Crippen LogP contribution in [0.2, 0.25) is 0 Å². The lowest BCUT2D eigenvalue weighted by atomic mass is 9.77. The molecule has 0 aromatic heterocycles. The molecule has 0 spiro atoms. The Morgan fingerprint density at radius 2 is 2.11 bits per heavy atom. The lowest BCUT2D eigenvalue weighted by Crippen LogP contribution is -2.51. The Bertz CT molecular complexity index is 319. The van der Waals surface area contributed by atoms with E-state index in [9.17, 15) is 9.90 Å². The second-order valence-electron chi connectivity index (χ2n) is 5.19. The van der Waals surface area contributed by atoms with Crippen LogP contribution < -0.4 is 0 Å². The maximum absolute atomic E-state index is 11.8. The van der Waals surface area contributed by atoms with Gasteiger partial charge in [0, 0.05) is 13.2 Å². The molecule has 2 N–H and O–H groups in total. The number of carbonyl (C=O) groups is 1. The first kappa shape index (κ1) is 15.8. The highest BCUT2D eigenvalue weighted by molar-refractivity contribution is 5.68. The predicted molar refractivity (Wildman–Crippen MR) is 72.9 cm³/mol. The van der Waals surface area contributed by atoms with Crippen LogP contribution in [0, 0.1) is 11.8 Å². The summed E-state index contributed by atoms with van der Waals surface area (Å²) in [6.07, 6.45) is 2.94. The van der Waals surface area contributed by atoms with Gasteiger partial charge in [-0.2, -0.15) is 0 Å². The van der Waals surface area contributed by atoms with Gasteiger partial charge in [-0.1, -0.05) is 19.9 Å². The van der Waals surface area contributed by atoms with Crippen molar-refractivity contribution in [1.82, 2.24) is 4.90 Å². The summed E-state index contributed by atoms with van der Waals surface area (Å²) in [5.41, 5.74) is 0. The Hall–Kier alpha value is -1.23. The minimum atomic E-state index is -0.427. The van der Waals surface area contributed by atoms with Gasteiger partial charge in [0.1, 0.15) is 5.76 Å². The zero-order valence-corrected chi connectivity index (χ0v) is 11.8. The molecule has 5 nitrogen and oxygen atoms in total. The van der Waals surface area contributed by atoms with Gasteiger partial charge in [-0.15, -0.1) is 0 Å². The van der Waals surface area contributed by atoms with Crippen LogP contribution in [-0.4, -0.2) is 47.5 Å². The highest BCUT2D eigenvalue weighted by atomic mass is 16.5. The van der Waals surface area contributed by atoms with E-state index in [1.54, 1.807) is 4.90 Å². The van der Waals surface area contributed by atoms with Crippen molar-refractivity contribution >= 4 is 6.09 Å². The highest BCUT2D eigenvalue weighted by Crippen LogP contribution is 2.35. The summed E-state index contributed by atoms with van der Waals surface area (Å²) in [7, 11) is 1.34. The van der Waals surface area contributed by atoms with E-state index in [-0.39, 0.29) is 12.4 Å². The molecular formula is C14H25NO4. The molecule has 3 atom stereocenters. The summed E-state index contributed by atoms with van der Waals surface area (Å²) >= 11 is 0. The van der Waals surface area contributed by atoms with Gasteiger partial charge in [0.25, 0.3) is 0 Å². The molecule has 110 valence electrons. The van der Waals surface area contributed by atoms with Gasteiger partial charge in [0.2, 0.25) is 0 Å². The van der Waals surface area contributed by atoms with Crippen molar-refractivity contribution in [2.75, 3.05) is 20.3 Å². The number of piperidine rings is 1. The number of hydrogen-bond acceptors (Lipinski definition) is 4. The van der Waals surface area contributed by atoms with E-state index < -0.39 is 12.1 Å². The van der Waals surface area contributed by atoms with Crippen LogP contribution in [0.4, 0.5) is 4.79 Å². The van der Waals surface area contributed by atoms with Crippen molar-refractivity contribution in [1.29, 1.82) is 0 Å². The first-order chi connectivity index (χ1) is 9.04. The Labute approximate surface area is 114 Å². The molecule has 19 heavy (non-hydrogen) atoms. The Morgan fingerprint density at radius 1 is 1.42 bits per heavy atom. The fourth-order valence-corrected chi connectivity index (χ4v) is 2.99. The van der Waals surface area contributed by atoms with Gasteiger partial charge < -0.3 is 14.9 Å². The number of ether oxygens (including phenoxy) is 1. The molecule has 0 radical (unpaired) electrons. The van der Waals surface area contributed by atoms with E-state index in [2.05, 4.69) is 13.5 Å². The molecule has 0 saturated carbocycles. The number of methoxy groups -OCH3 is 1. The minimum absolute atomic E-state index is 0.0108. The van der Waals surface area contributed by atoms with E-state index in [1.807, 2.05) is 0 Å². The van der Waals surface area contributed by atoms with Gasteiger partial charge in [0.15, 0.2) is 0 Å². The van der Waals surface area contributed by atoms with Crippen molar-refractivity contribution in [2.24, 2.45) is 11.8 Å². The average molecular weight is 271 g/mol. The first-order valence-corrected chi connectivity index (χ1v) is 6.88. The maximum Gasteiger partial charge on any atom is 0.410 e. The molecule has 1 fully saturated rings.